The summed E-state index contributed by atoms with van der Waals surface area (Å²) in [6.45, 7) is 7.13. The van der Waals surface area contributed by atoms with E-state index in [0.29, 0.717) is 32.7 Å². The Morgan fingerprint density at radius 3 is 2.61 bits per heavy atom. The Morgan fingerprint density at radius 2 is 2.00 bits per heavy atom. The lowest BCUT2D eigenvalue weighted by Gasteiger charge is -2.26. The third kappa shape index (κ3) is 5.06. The molecule has 1 aliphatic heterocycles. The van der Waals surface area contributed by atoms with Gasteiger partial charge in [-0.2, -0.15) is 0 Å². The highest BCUT2D eigenvalue weighted by Gasteiger charge is 2.41. The van der Waals surface area contributed by atoms with E-state index < -0.39 is 11.0 Å². The van der Waals surface area contributed by atoms with Crippen molar-refractivity contribution in [1.29, 1.82) is 0 Å². The van der Waals surface area contributed by atoms with E-state index in [4.69, 9.17) is 9.47 Å². The number of ether oxygens (including phenoxy) is 2. The van der Waals surface area contributed by atoms with Gasteiger partial charge >= 0.3 is 6.09 Å². The minimum Gasteiger partial charge on any atom is -0.444 e. The smallest absolute Gasteiger partial charge is 0.410 e. The van der Waals surface area contributed by atoms with Crippen molar-refractivity contribution in [3.05, 3.63) is 35.9 Å². The van der Waals surface area contributed by atoms with Crippen LogP contribution < -0.4 is 0 Å². The summed E-state index contributed by atoms with van der Waals surface area (Å²) in [4.78, 5) is 25.3. The van der Waals surface area contributed by atoms with Gasteiger partial charge in [0.05, 0.1) is 18.6 Å². The molecule has 0 radical (unpaired) electrons. The van der Waals surface area contributed by atoms with E-state index in [1.807, 2.05) is 51.1 Å². The fourth-order valence-electron chi connectivity index (χ4n) is 2.57. The Kier molecular flexibility index (Phi) is 5.42. The fraction of sp³-hybridized carbons (Fsp3) is 0.556. The molecule has 0 spiro atoms. The van der Waals surface area contributed by atoms with Crippen LogP contribution in [0.25, 0.3) is 0 Å². The summed E-state index contributed by atoms with van der Waals surface area (Å²) in [5.74, 6) is 0. The van der Waals surface area contributed by atoms with Crippen molar-refractivity contribution in [2.24, 2.45) is 5.41 Å². The zero-order valence-corrected chi connectivity index (χ0v) is 14.1. The second-order valence-electron chi connectivity index (χ2n) is 7.11. The average Bonchev–Trinajstić information content (AvgIpc) is 2.92. The van der Waals surface area contributed by atoms with Crippen molar-refractivity contribution in [3.63, 3.8) is 0 Å². The van der Waals surface area contributed by atoms with Crippen molar-refractivity contribution in [3.8, 4) is 0 Å². The van der Waals surface area contributed by atoms with Gasteiger partial charge in [-0.25, -0.2) is 4.79 Å². The summed E-state index contributed by atoms with van der Waals surface area (Å²) in [7, 11) is 0. The zero-order valence-electron chi connectivity index (χ0n) is 14.1. The van der Waals surface area contributed by atoms with Crippen LogP contribution >= 0.6 is 0 Å². The highest BCUT2D eigenvalue weighted by Crippen LogP contribution is 2.30. The topological polar surface area (TPSA) is 55.8 Å². The van der Waals surface area contributed by atoms with Gasteiger partial charge in [0.1, 0.15) is 11.9 Å². The minimum atomic E-state index is -0.633. The lowest BCUT2D eigenvalue weighted by Crippen LogP contribution is -2.38. The van der Waals surface area contributed by atoms with Crippen LogP contribution in [0.2, 0.25) is 0 Å². The molecule has 2 rings (SSSR count). The first kappa shape index (κ1) is 17.5. The summed E-state index contributed by atoms with van der Waals surface area (Å²) >= 11 is 0. The minimum absolute atomic E-state index is 0.310. The molecule has 1 heterocycles. The van der Waals surface area contributed by atoms with Gasteiger partial charge in [0, 0.05) is 13.1 Å². The number of likely N-dealkylation sites (tertiary alicyclic amines) is 1. The van der Waals surface area contributed by atoms with Crippen LogP contribution in [0.4, 0.5) is 4.79 Å². The van der Waals surface area contributed by atoms with Crippen LogP contribution in [0, 0.1) is 5.41 Å². The molecular formula is C18H25NO4. The van der Waals surface area contributed by atoms with E-state index in [-0.39, 0.29) is 6.09 Å². The number of hydrogen-bond donors (Lipinski definition) is 0. The second kappa shape index (κ2) is 7.13. The predicted molar refractivity (Wildman–Crippen MR) is 87.0 cm³/mol. The van der Waals surface area contributed by atoms with E-state index in [1.165, 1.54) is 0 Å². The monoisotopic (exact) mass is 319 g/mol. The Hall–Kier alpha value is -1.88. The maximum Gasteiger partial charge on any atom is 0.410 e. The van der Waals surface area contributed by atoms with E-state index in [2.05, 4.69) is 0 Å². The quantitative estimate of drug-likeness (QED) is 0.783. The molecule has 1 fully saturated rings. The predicted octanol–water partition coefficient (Wildman–Crippen LogP) is 3.03. The maximum absolute atomic E-state index is 12.1. The molecule has 126 valence electrons. The van der Waals surface area contributed by atoms with Gasteiger partial charge in [-0.05, 0) is 32.8 Å². The summed E-state index contributed by atoms with van der Waals surface area (Å²) in [6, 6.07) is 9.82. The Labute approximate surface area is 137 Å². The van der Waals surface area contributed by atoms with Crippen LogP contribution in [0.15, 0.2) is 30.3 Å². The lowest BCUT2D eigenvalue weighted by molar-refractivity contribution is -0.119. The van der Waals surface area contributed by atoms with Crippen LogP contribution in [-0.2, 0) is 20.9 Å². The maximum atomic E-state index is 12.1. The molecule has 0 saturated carbocycles. The number of hydrogen-bond acceptors (Lipinski definition) is 4. The summed E-state index contributed by atoms with van der Waals surface area (Å²) in [5.41, 5.74) is -0.102. The molecule has 1 aromatic carbocycles. The van der Waals surface area contributed by atoms with Crippen LogP contribution in [0.1, 0.15) is 32.8 Å². The van der Waals surface area contributed by atoms with Crippen LogP contribution in [0.3, 0.4) is 0 Å². The van der Waals surface area contributed by atoms with Crippen molar-refractivity contribution in [2.75, 3.05) is 19.7 Å². The largest absolute Gasteiger partial charge is 0.444 e. The molecule has 1 saturated heterocycles. The van der Waals surface area contributed by atoms with Gasteiger partial charge in [0.25, 0.3) is 0 Å². The number of aldehydes is 1. The molecular weight excluding hydrogens is 294 g/mol. The van der Waals surface area contributed by atoms with Gasteiger partial charge in [0.15, 0.2) is 0 Å². The Morgan fingerprint density at radius 1 is 1.30 bits per heavy atom. The first-order valence-corrected chi connectivity index (χ1v) is 7.90. The molecule has 5 heteroatoms. The van der Waals surface area contributed by atoms with Crippen molar-refractivity contribution in [2.45, 2.75) is 39.4 Å². The fourth-order valence-corrected chi connectivity index (χ4v) is 2.57. The van der Waals surface area contributed by atoms with Crippen LogP contribution in [0.5, 0.6) is 0 Å². The highest BCUT2D eigenvalue weighted by molar-refractivity contribution is 5.71. The molecule has 1 amide bonds. The number of nitrogens with zero attached hydrogens (tertiary/aromatic N) is 1. The zero-order chi connectivity index (χ0) is 16.9. The summed E-state index contributed by atoms with van der Waals surface area (Å²) in [6.07, 6.45) is 1.15. The first-order valence-electron chi connectivity index (χ1n) is 7.90. The SMILES string of the molecule is CC(C)(C)OC(=O)N1CC[C@](C=O)(COCc2ccccc2)C1. The summed E-state index contributed by atoms with van der Waals surface area (Å²) < 4.78 is 11.1. The van der Waals surface area contributed by atoms with Gasteiger partial charge in [-0.1, -0.05) is 30.3 Å². The highest BCUT2D eigenvalue weighted by atomic mass is 16.6. The number of amides is 1. The standard InChI is InChI=1S/C18H25NO4/c1-17(2,3)23-16(21)19-10-9-18(12-19,13-20)14-22-11-15-7-5-4-6-8-15/h4-8,13H,9-12,14H2,1-3H3/t18-/m0/s1. The molecule has 0 bridgehead atoms. The van der Waals surface area contributed by atoms with Gasteiger partial charge in [-0.15, -0.1) is 0 Å². The van der Waals surface area contributed by atoms with Crippen LogP contribution in [-0.4, -0.2) is 42.6 Å². The molecule has 0 unspecified atom stereocenters. The molecule has 23 heavy (non-hydrogen) atoms. The molecule has 0 N–H and O–H groups in total. The molecule has 5 nitrogen and oxygen atoms in total. The van der Waals surface area contributed by atoms with E-state index in [0.717, 1.165) is 11.8 Å². The number of benzene rings is 1. The van der Waals surface area contributed by atoms with E-state index in [9.17, 15) is 9.59 Å². The number of rotatable bonds is 5. The molecule has 1 aliphatic rings. The molecule has 0 aromatic heterocycles. The molecule has 0 aliphatic carbocycles. The third-order valence-electron chi connectivity index (χ3n) is 3.79. The number of carbonyl (C=O) groups excluding carboxylic acids is 2. The van der Waals surface area contributed by atoms with Crippen molar-refractivity contribution >= 4 is 12.4 Å². The van der Waals surface area contributed by atoms with E-state index in [1.54, 1.807) is 4.90 Å². The van der Waals surface area contributed by atoms with Crippen molar-refractivity contribution in [1.82, 2.24) is 4.90 Å². The lowest BCUT2D eigenvalue weighted by atomic mass is 9.90. The number of carbonyl (C=O) groups is 2. The van der Waals surface area contributed by atoms with Gasteiger partial charge < -0.3 is 19.2 Å². The first-order chi connectivity index (χ1) is 10.8. The molecule has 1 aromatic rings. The van der Waals surface area contributed by atoms with E-state index >= 15 is 0 Å². The average molecular weight is 319 g/mol. The molecule has 1 atom stereocenters. The van der Waals surface area contributed by atoms with Crippen molar-refractivity contribution < 1.29 is 19.1 Å². The van der Waals surface area contributed by atoms with Gasteiger partial charge in [0.2, 0.25) is 0 Å². The Balaban J connectivity index is 1.87. The third-order valence-corrected chi connectivity index (χ3v) is 3.79. The Bertz CT molecular complexity index is 538. The van der Waals surface area contributed by atoms with Gasteiger partial charge in [-0.3, -0.25) is 0 Å². The normalized spacial score (nSPS) is 21.3. The summed E-state index contributed by atoms with van der Waals surface area (Å²) in [5, 5.41) is 0. The second-order valence-corrected chi connectivity index (χ2v) is 7.11.